The van der Waals surface area contributed by atoms with Crippen LogP contribution in [0.25, 0.3) is 0 Å². The zero-order valence-corrected chi connectivity index (χ0v) is 11.9. The zero-order valence-electron chi connectivity index (χ0n) is 11.9. The number of anilines is 2. The van der Waals surface area contributed by atoms with Gasteiger partial charge in [0.25, 0.3) is 0 Å². The predicted octanol–water partition coefficient (Wildman–Crippen LogP) is 3.34. The van der Waals surface area contributed by atoms with E-state index in [1.165, 1.54) is 0 Å². The Labute approximate surface area is 124 Å². The largest absolute Gasteiger partial charge is 0.385 e. The van der Waals surface area contributed by atoms with Gasteiger partial charge in [-0.1, -0.05) is 36.4 Å². The van der Waals surface area contributed by atoms with E-state index >= 15 is 0 Å². The van der Waals surface area contributed by atoms with Crippen molar-refractivity contribution in [1.82, 2.24) is 0 Å². The fourth-order valence-electron chi connectivity index (χ4n) is 2.67. The normalized spacial score (nSPS) is 20.8. The molecular formula is C17H18N2O2. The maximum absolute atomic E-state index is 12.5. The van der Waals surface area contributed by atoms with Crippen LogP contribution in [-0.4, -0.2) is 17.7 Å². The molecule has 1 heterocycles. The number of para-hydroxylation sites is 2. The minimum atomic E-state index is -0.889. The lowest BCUT2D eigenvalue weighted by atomic mass is 9.87. The minimum absolute atomic E-state index is 0.177. The Morgan fingerprint density at radius 2 is 1.81 bits per heavy atom. The number of rotatable bonds is 1. The molecule has 108 valence electrons. The molecule has 2 aromatic carbocycles. The summed E-state index contributed by atoms with van der Waals surface area (Å²) in [6, 6.07) is 16.7. The molecule has 0 radical (unpaired) electrons. The molecule has 2 amide bonds. The van der Waals surface area contributed by atoms with Crippen LogP contribution in [0.3, 0.4) is 0 Å². The highest BCUT2D eigenvalue weighted by molar-refractivity contribution is 6.02. The molecule has 0 aromatic heterocycles. The van der Waals surface area contributed by atoms with Gasteiger partial charge in [0.2, 0.25) is 0 Å². The van der Waals surface area contributed by atoms with E-state index in [-0.39, 0.29) is 6.03 Å². The monoisotopic (exact) mass is 282 g/mol. The van der Waals surface area contributed by atoms with Crippen LogP contribution in [0.1, 0.15) is 18.9 Å². The molecule has 0 saturated heterocycles. The third-order valence-electron chi connectivity index (χ3n) is 3.87. The van der Waals surface area contributed by atoms with Gasteiger partial charge in [-0.3, -0.25) is 4.90 Å². The Hall–Kier alpha value is -2.33. The number of aliphatic hydroxyl groups is 1. The molecule has 4 heteroatoms. The van der Waals surface area contributed by atoms with Crippen LogP contribution in [0, 0.1) is 0 Å². The average molecular weight is 282 g/mol. The number of hydrogen-bond acceptors (Lipinski definition) is 2. The van der Waals surface area contributed by atoms with Gasteiger partial charge in [0.05, 0.1) is 11.3 Å². The summed E-state index contributed by atoms with van der Waals surface area (Å²) in [5.74, 6) is 0. The topological polar surface area (TPSA) is 52.6 Å². The third-order valence-corrected chi connectivity index (χ3v) is 3.87. The molecule has 21 heavy (non-hydrogen) atoms. The second-order valence-corrected chi connectivity index (χ2v) is 5.49. The quantitative estimate of drug-likeness (QED) is 0.843. The fourth-order valence-corrected chi connectivity index (χ4v) is 2.67. The number of hydrogen-bond donors (Lipinski definition) is 2. The molecule has 0 spiro atoms. The standard InChI is InChI=1S/C17H18N2O2/c1-17(21)11-12-19(15-10-6-5-9-14(15)17)16(20)18-13-7-3-2-4-8-13/h2-10,21H,11-12H2,1H3,(H,18,20). The number of fused-ring (bicyclic) bond motifs is 1. The SMILES string of the molecule is CC1(O)CCN(C(=O)Nc2ccccc2)c2ccccc21. The summed E-state index contributed by atoms with van der Waals surface area (Å²) < 4.78 is 0. The van der Waals surface area contributed by atoms with Crippen LogP contribution in [0.4, 0.5) is 16.2 Å². The van der Waals surface area contributed by atoms with E-state index < -0.39 is 5.60 Å². The number of urea groups is 1. The van der Waals surface area contributed by atoms with Crippen molar-refractivity contribution in [3.63, 3.8) is 0 Å². The molecular weight excluding hydrogens is 264 g/mol. The number of carbonyl (C=O) groups excluding carboxylic acids is 1. The van der Waals surface area contributed by atoms with Crippen molar-refractivity contribution in [2.75, 3.05) is 16.8 Å². The fraction of sp³-hybridized carbons (Fsp3) is 0.235. The van der Waals surface area contributed by atoms with Crippen molar-refractivity contribution in [3.8, 4) is 0 Å². The van der Waals surface area contributed by atoms with Crippen molar-refractivity contribution in [2.45, 2.75) is 18.9 Å². The van der Waals surface area contributed by atoms with Crippen LogP contribution >= 0.6 is 0 Å². The van der Waals surface area contributed by atoms with Gasteiger partial charge in [-0.25, -0.2) is 4.79 Å². The van der Waals surface area contributed by atoms with Crippen LogP contribution in [0.5, 0.6) is 0 Å². The molecule has 0 saturated carbocycles. The summed E-state index contributed by atoms with van der Waals surface area (Å²) in [6.07, 6.45) is 0.520. The Morgan fingerprint density at radius 1 is 1.14 bits per heavy atom. The number of nitrogens with one attached hydrogen (secondary N) is 1. The molecule has 1 unspecified atom stereocenters. The molecule has 2 aromatic rings. The number of carbonyl (C=O) groups is 1. The first-order valence-electron chi connectivity index (χ1n) is 7.03. The summed E-state index contributed by atoms with van der Waals surface area (Å²) in [4.78, 5) is 14.2. The van der Waals surface area contributed by atoms with Gasteiger partial charge in [-0.2, -0.15) is 0 Å². The Morgan fingerprint density at radius 3 is 2.57 bits per heavy atom. The van der Waals surface area contributed by atoms with Gasteiger partial charge < -0.3 is 10.4 Å². The summed E-state index contributed by atoms with van der Waals surface area (Å²) in [6.45, 7) is 2.28. The van der Waals surface area contributed by atoms with Crippen molar-refractivity contribution >= 4 is 17.4 Å². The molecule has 0 aliphatic carbocycles. The first-order valence-corrected chi connectivity index (χ1v) is 7.03. The highest BCUT2D eigenvalue weighted by atomic mass is 16.3. The van der Waals surface area contributed by atoms with Gasteiger partial charge in [0.1, 0.15) is 0 Å². The molecule has 3 rings (SSSR count). The molecule has 4 nitrogen and oxygen atoms in total. The molecule has 1 aliphatic heterocycles. The van der Waals surface area contributed by atoms with Crippen LogP contribution < -0.4 is 10.2 Å². The van der Waals surface area contributed by atoms with E-state index in [4.69, 9.17) is 0 Å². The zero-order chi connectivity index (χ0) is 14.9. The van der Waals surface area contributed by atoms with Crippen LogP contribution in [0.2, 0.25) is 0 Å². The highest BCUT2D eigenvalue weighted by Crippen LogP contribution is 2.37. The third kappa shape index (κ3) is 2.62. The average Bonchev–Trinajstić information content (AvgIpc) is 2.48. The number of nitrogens with zero attached hydrogens (tertiary/aromatic N) is 1. The van der Waals surface area contributed by atoms with E-state index in [1.807, 2.05) is 54.6 Å². The van der Waals surface area contributed by atoms with Gasteiger partial charge in [0, 0.05) is 17.8 Å². The van der Waals surface area contributed by atoms with Gasteiger partial charge in [0.15, 0.2) is 0 Å². The second-order valence-electron chi connectivity index (χ2n) is 5.49. The van der Waals surface area contributed by atoms with E-state index in [2.05, 4.69) is 5.32 Å². The van der Waals surface area contributed by atoms with Crippen molar-refractivity contribution < 1.29 is 9.90 Å². The Balaban J connectivity index is 1.88. The smallest absolute Gasteiger partial charge is 0.326 e. The summed E-state index contributed by atoms with van der Waals surface area (Å²) in [7, 11) is 0. The Kier molecular flexibility index (Phi) is 3.39. The molecule has 2 N–H and O–H groups in total. The van der Waals surface area contributed by atoms with Crippen LogP contribution in [0.15, 0.2) is 54.6 Å². The van der Waals surface area contributed by atoms with E-state index in [1.54, 1.807) is 11.8 Å². The maximum Gasteiger partial charge on any atom is 0.326 e. The lowest BCUT2D eigenvalue weighted by Crippen LogP contribution is -2.44. The van der Waals surface area contributed by atoms with Gasteiger partial charge in [-0.15, -0.1) is 0 Å². The van der Waals surface area contributed by atoms with E-state index in [9.17, 15) is 9.90 Å². The van der Waals surface area contributed by atoms with Crippen LogP contribution in [-0.2, 0) is 5.60 Å². The lowest BCUT2D eigenvalue weighted by molar-refractivity contribution is 0.0465. The minimum Gasteiger partial charge on any atom is -0.385 e. The second kappa shape index (κ2) is 5.22. The number of benzene rings is 2. The first-order chi connectivity index (χ1) is 10.1. The van der Waals surface area contributed by atoms with Crippen molar-refractivity contribution in [3.05, 3.63) is 60.2 Å². The predicted molar refractivity (Wildman–Crippen MR) is 83.4 cm³/mol. The van der Waals surface area contributed by atoms with E-state index in [0.717, 1.165) is 16.9 Å². The molecule has 1 aliphatic rings. The summed E-state index contributed by atoms with van der Waals surface area (Å²) in [5.41, 5.74) is 1.43. The van der Waals surface area contributed by atoms with E-state index in [0.29, 0.717) is 13.0 Å². The van der Waals surface area contributed by atoms with Gasteiger partial charge in [-0.05, 0) is 31.5 Å². The first kappa shape index (κ1) is 13.6. The lowest BCUT2D eigenvalue weighted by Gasteiger charge is -2.37. The number of amides is 2. The highest BCUT2D eigenvalue weighted by Gasteiger charge is 2.35. The van der Waals surface area contributed by atoms with Crippen molar-refractivity contribution in [1.29, 1.82) is 0 Å². The van der Waals surface area contributed by atoms with Crippen molar-refractivity contribution in [2.24, 2.45) is 0 Å². The molecule has 0 bridgehead atoms. The summed E-state index contributed by atoms with van der Waals surface area (Å²) >= 11 is 0. The molecule has 1 atom stereocenters. The Bertz CT molecular complexity index is 653. The summed E-state index contributed by atoms with van der Waals surface area (Å²) in [5, 5.41) is 13.3. The van der Waals surface area contributed by atoms with Gasteiger partial charge >= 0.3 is 6.03 Å². The molecule has 0 fully saturated rings. The maximum atomic E-state index is 12.5.